The third-order valence-corrected chi connectivity index (χ3v) is 7.88. The second kappa shape index (κ2) is 11.1. The molecule has 1 aliphatic rings. The molecule has 0 amide bonds. The van der Waals surface area contributed by atoms with Crippen LogP contribution < -0.4 is 4.90 Å². The molecule has 0 bridgehead atoms. The van der Waals surface area contributed by atoms with Gasteiger partial charge in [0.1, 0.15) is 5.60 Å². The molecule has 0 saturated carbocycles. The van der Waals surface area contributed by atoms with Gasteiger partial charge in [-0.3, -0.25) is 0 Å². The summed E-state index contributed by atoms with van der Waals surface area (Å²) in [4.78, 5) is 1.58. The van der Waals surface area contributed by atoms with Crippen LogP contribution in [-0.4, -0.2) is 29.8 Å². The minimum Gasteiger partial charge on any atom is -0.388 e. The van der Waals surface area contributed by atoms with Crippen LogP contribution in [0, 0.1) is 5.92 Å². The van der Waals surface area contributed by atoms with E-state index in [4.69, 9.17) is 0 Å². The summed E-state index contributed by atoms with van der Waals surface area (Å²) in [5.74, 6) is 0.197. The van der Waals surface area contributed by atoms with Gasteiger partial charge in [0, 0.05) is 18.8 Å². The third kappa shape index (κ3) is 6.03. The molecule has 1 saturated heterocycles. The van der Waals surface area contributed by atoms with E-state index in [2.05, 4.69) is 69.3 Å². The fraction of sp³-hybridized carbons (Fsp3) is 0.438. The topological polar surface area (TPSA) is 44.9 Å². The fourth-order valence-corrected chi connectivity index (χ4v) is 5.63. The highest BCUT2D eigenvalue weighted by Crippen LogP contribution is 2.40. The Kier molecular flexibility index (Phi) is 8.11. The molecule has 0 aliphatic carbocycles. The lowest BCUT2D eigenvalue weighted by molar-refractivity contribution is -0.906. The predicted molar refractivity (Wildman–Crippen MR) is 144 cm³/mol. The Morgan fingerprint density at radius 1 is 0.771 bits per heavy atom. The lowest BCUT2D eigenvalue weighted by Gasteiger charge is -2.41. The van der Waals surface area contributed by atoms with E-state index in [0.29, 0.717) is 0 Å². The second-order valence-electron chi connectivity index (χ2n) is 11.3. The Morgan fingerprint density at radius 3 is 1.77 bits per heavy atom. The molecule has 1 fully saturated rings. The van der Waals surface area contributed by atoms with Crippen molar-refractivity contribution >= 4 is 0 Å². The lowest BCUT2D eigenvalue weighted by Crippen LogP contribution is -3.13. The number of likely N-dealkylation sites (tertiary alicyclic amines) is 1. The van der Waals surface area contributed by atoms with Gasteiger partial charge < -0.3 is 15.1 Å². The molecule has 186 valence electrons. The molecule has 3 N–H and O–H groups in total. The van der Waals surface area contributed by atoms with Crippen LogP contribution in [0.2, 0.25) is 0 Å². The maximum Gasteiger partial charge on any atom is 0.118 e. The number of rotatable bonds is 8. The SMILES string of the molecule is CC(C)(C)c1ccc([C@H](O)CCC[NH+]2CCC(C(O)(c3ccccc3)c3ccccc3)CC2)cc1. The van der Waals surface area contributed by atoms with Gasteiger partial charge >= 0.3 is 0 Å². The van der Waals surface area contributed by atoms with Gasteiger partial charge in [-0.1, -0.05) is 106 Å². The number of nitrogens with one attached hydrogen (secondary N) is 1. The zero-order chi connectivity index (χ0) is 24.9. The van der Waals surface area contributed by atoms with E-state index in [1.807, 2.05) is 36.4 Å². The summed E-state index contributed by atoms with van der Waals surface area (Å²) >= 11 is 0. The Balaban J connectivity index is 1.32. The Morgan fingerprint density at radius 2 is 1.29 bits per heavy atom. The van der Waals surface area contributed by atoms with Crippen LogP contribution in [0.15, 0.2) is 84.9 Å². The summed E-state index contributed by atoms with van der Waals surface area (Å²) in [5.41, 5.74) is 3.46. The number of hydrogen-bond acceptors (Lipinski definition) is 2. The summed E-state index contributed by atoms with van der Waals surface area (Å²) in [7, 11) is 0. The summed E-state index contributed by atoms with van der Waals surface area (Å²) in [6.07, 6.45) is 3.38. The number of piperidine rings is 1. The van der Waals surface area contributed by atoms with Gasteiger partial charge in [0.25, 0.3) is 0 Å². The first-order valence-electron chi connectivity index (χ1n) is 13.2. The lowest BCUT2D eigenvalue weighted by atomic mass is 9.72. The van der Waals surface area contributed by atoms with Crippen molar-refractivity contribution in [2.45, 2.75) is 63.6 Å². The monoisotopic (exact) mass is 472 g/mol. The number of hydrogen-bond donors (Lipinski definition) is 3. The van der Waals surface area contributed by atoms with E-state index in [1.165, 1.54) is 5.56 Å². The van der Waals surface area contributed by atoms with Crippen LogP contribution in [0.1, 0.15) is 74.8 Å². The maximum atomic E-state index is 12.1. The molecule has 3 aromatic rings. The normalized spacial score (nSPS) is 19.9. The van der Waals surface area contributed by atoms with Crippen molar-refractivity contribution in [3.8, 4) is 0 Å². The standard InChI is InChI=1S/C32H41NO2/c1-31(2,3)26-18-16-25(17-19-26)30(34)15-10-22-33-23-20-29(21-24-33)32(35,27-11-6-4-7-12-27)28-13-8-5-9-14-28/h4-9,11-14,16-19,29-30,34-35H,10,15,20-24H2,1-3H3/p+1/t30-/m1/s1. The minimum atomic E-state index is -0.955. The Hall–Kier alpha value is -2.46. The van der Waals surface area contributed by atoms with E-state index < -0.39 is 11.7 Å². The van der Waals surface area contributed by atoms with Crippen LogP contribution in [0.4, 0.5) is 0 Å². The fourth-order valence-electron chi connectivity index (χ4n) is 5.63. The van der Waals surface area contributed by atoms with E-state index in [0.717, 1.165) is 62.0 Å². The zero-order valence-corrected chi connectivity index (χ0v) is 21.6. The summed E-state index contributed by atoms with van der Waals surface area (Å²) in [5, 5.41) is 22.8. The zero-order valence-electron chi connectivity index (χ0n) is 21.6. The Bertz CT molecular complexity index is 993. The van der Waals surface area contributed by atoms with Crippen LogP contribution in [-0.2, 0) is 11.0 Å². The van der Waals surface area contributed by atoms with Crippen LogP contribution in [0.25, 0.3) is 0 Å². The number of aliphatic hydroxyl groups is 2. The molecule has 0 aromatic heterocycles. The summed E-state index contributed by atoms with van der Waals surface area (Å²) in [6.45, 7) is 9.83. The molecular weight excluding hydrogens is 430 g/mol. The number of quaternary nitrogens is 1. The molecule has 1 heterocycles. The van der Waals surface area contributed by atoms with Gasteiger partial charge in [-0.2, -0.15) is 0 Å². The molecule has 3 aromatic carbocycles. The van der Waals surface area contributed by atoms with Crippen molar-refractivity contribution in [1.82, 2.24) is 0 Å². The molecule has 0 spiro atoms. The van der Waals surface area contributed by atoms with E-state index in [9.17, 15) is 10.2 Å². The smallest absolute Gasteiger partial charge is 0.118 e. The average Bonchev–Trinajstić information content (AvgIpc) is 2.89. The van der Waals surface area contributed by atoms with Crippen molar-refractivity contribution < 1.29 is 15.1 Å². The van der Waals surface area contributed by atoms with Crippen LogP contribution in [0.5, 0.6) is 0 Å². The van der Waals surface area contributed by atoms with Crippen molar-refractivity contribution in [2.24, 2.45) is 5.92 Å². The van der Waals surface area contributed by atoms with Gasteiger partial charge in [0.2, 0.25) is 0 Å². The highest BCUT2D eigenvalue weighted by atomic mass is 16.3. The molecular formula is C32H42NO2+. The third-order valence-electron chi connectivity index (χ3n) is 7.88. The summed E-state index contributed by atoms with van der Waals surface area (Å²) < 4.78 is 0. The average molecular weight is 473 g/mol. The van der Waals surface area contributed by atoms with E-state index in [1.54, 1.807) is 4.90 Å². The van der Waals surface area contributed by atoms with Gasteiger partial charge in [0.15, 0.2) is 0 Å². The molecule has 1 aliphatic heterocycles. The van der Waals surface area contributed by atoms with Gasteiger partial charge in [0.05, 0.1) is 25.7 Å². The molecule has 3 heteroatoms. The largest absolute Gasteiger partial charge is 0.388 e. The summed E-state index contributed by atoms with van der Waals surface area (Å²) in [6, 6.07) is 28.8. The molecule has 0 unspecified atom stereocenters. The van der Waals surface area contributed by atoms with Gasteiger partial charge in [-0.05, 0) is 40.5 Å². The molecule has 1 atom stereocenters. The van der Waals surface area contributed by atoms with Crippen LogP contribution >= 0.6 is 0 Å². The number of aliphatic hydroxyl groups excluding tert-OH is 1. The van der Waals surface area contributed by atoms with E-state index >= 15 is 0 Å². The predicted octanol–water partition coefficient (Wildman–Crippen LogP) is 5.03. The molecule has 4 rings (SSSR count). The van der Waals surface area contributed by atoms with Gasteiger partial charge in [-0.15, -0.1) is 0 Å². The van der Waals surface area contributed by atoms with Gasteiger partial charge in [-0.25, -0.2) is 0 Å². The highest BCUT2D eigenvalue weighted by Gasteiger charge is 2.42. The first-order valence-corrected chi connectivity index (χ1v) is 13.2. The highest BCUT2D eigenvalue weighted by molar-refractivity contribution is 5.37. The molecule has 0 radical (unpaired) electrons. The second-order valence-corrected chi connectivity index (χ2v) is 11.3. The maximum absolute atomic E-state index is 12.1. The quantitative estimate of drug-likeness (QED) is 0.431. The van der Waals surface area contributed by atoms with Crippen molar-refractivity contribution in [3.05, 3.63) is 107 Å². The first kappa shape index (κ1) is 25.6. The van der Waals surface area contributed by atoms with Crippen molar-refractivity contribution in [1.29, 1.82) is 0 Å². The number of benzene rings is 3. The first-order chi connectivity index (χ1) is 16.8. The van der Waals surface area contributed by atoms with E-state index in [-0.39, 0.29) is 11.3 Å². The minimum absolute atomic E-state index is 0.131. The van der Waals surface area contributed by atoms with Crippen molar-refractivity contribution in [2.75, 3.05) is 19.6 Å². The Labute approximate surface area is 211 Å². The molecule has 3 nitrogen and oxygen atoms in total. The van der Waals surface area contributed by atoms with Crippen molar-refractivity contribution in [3.63, 3.8) is 0 Å². The van der Waals surface area contributed by atoms with Crippen LogP contribution in [0.3, 0.4) is 0 Å². The molecule has 35 heavy (non-hydrogen) atoms.